The summed E-state index contributed by atoms with van der Waals surface area (Å²) < 4.78 is 23.6. The number of carbonyl (C=O) groups excluding carboxylic acids is 4. The number of hydrogen-bond acceptors (Lipinski definition) is 10. The van der Waals surface area contributed by atoms with E-state index in [-0.39, 0.29) is 36.3 Å². The number of likely N-dealkylation sites (tertiary alicyclic amines) is 1. The van der Waals surface area contributed by atoms with Gasteiger partial charge < -0.3 is 10.5 Å². The normalized spacial score (nSPS) is 21.1. The zero-order chi connectivity index (χ0) is 34.5. The van der Waals surface area contributed by atoms with Gasteiger partial charge in [-0.1, -0.05) is 24.3 Å². The highest BCUT2D eigenvalue weighted by Crippen LogP contribution is 2.36. The molecule has 0 aliphatic carbocycles. The third-order valence-electron chi connectivity index (χ3n) is 9.44. The number of nitrogen functional groups attached to an aromatic ring is 1. The van der Waals surface area contributed by atoms with Crippen molar-refractivity contribution in [2.45, 2.75) is 44.1 Å². The number of nitrogens with two attached hydrogens (primary N) is 1. The predicted molar refractivity (Wildman–Crippen MR) is 179 cm³/mol. The van der Waals surface area contributed by atoms with Crippen molar-refractivity contribution in [1.29, 1.82) is 0 Å². The van der Waals surface area contributed by atoms with Crippen molar-refractivity contribution in [3.8, 4) is 22.8 Å². The minimum Gasteiger partial charge on any atom is -0.457 e. The first-order valence-electron chi connectivity index (χ1n) is 16.3. The molecule has 3 atom stereocenters. The molecule has 252 valence electrons. The standard InChI is InChI=1S/C36H31FN8O5/c37-26-18-43(17-20-6-11-24-25(16-20)36(49)44(35(24)48)28-12-13-29(46)41-34(28)47)15-14-27(26)45-33-30(32(38)39-19-40-33)31(42-45)21-7-9-23(10-8-21)50-22-4-2-1-3-5-22/h1-11,16,19,26-28H,12-15,17-18H2,(H2,38,39,40)(H,41,46,47)/t26-,27+,28?/m1/s1. The molecule has 2 saturated heterocycles. The highest BCUT2D eigenvalue weighted by Gasteiger charge is 2.44. The molecule has 3 aromatic carbocycles. The second-order valence-electron chi connectivity index (χ2n) is 12.6. The minimum absolute atomic E-state index is 0.0447. The monoisotopic (exact) mass is 674 g/mol. The molecule has 3 aliphatic rings. The maximum absolute atomic E-state index is 16.1. The van der Waals surface area contributed by atoms with E-state index in [1.165, 1.54) is 6.33 Å². The van der Waals surface area contributed by atoms with Gasteiger partial charge in [-0.05, 0) is 66.9 Å². The van der Waals surface area contributed by atoms with E-state index in [1.807, 2.05) is 59.5 Å². The lowest BCUT2D eigenvalue weighted by Gasteiger charge is -2.34. The Hall–Kier alpha value is -6.02. The van der Waals surface area contributed by atoms with Gasteiger partial charge in [0.1, 0.15) is 41.6 Å². The van der Waals surface area contributed by atoms with E-state index in [2.05, 4.69) is 15.3 Å². The van der Waals surface area contributed by atoms with E-state index < -0.39 is 41.9 Å². The summed E-state index contributed by atoms with van der Waals surface area (Å²) >= 11 is 0. The van der Waals surface area contributed by atoms with Crippen molar-refractivity contribution >= 4 is 40.5 Å². The van der Waals surface area contributed by atoms with Gasteiger partial charge in [0.05, 0.1) is 22.6 Å². The lowest BCUT2D eigenvalue weighted by atomic mass is 10.0. The van der Waals surface area contributed by atoms with E-state index in [9.17, 15) is 19.2 Å². The van der Waals surface area contributed by atoms with E-state index in [0.717, 1.165) is 16.0 Å². The number of nitrogens with one attached hydrogen (secondary N) is 1. The number of halogens is 1. The minimum atomic E-state index is -1.31. The van der Waals surface area contributed by atoms with Gasteiger partial charge in [-0.25, -0.2) is 19.0 Å². The molecule has 5 aromatic rings. The number of alkyl halides is 1. The molecule has 14 heteroatoms. The van der Waals surface area contributed by atoms with Crippen LogP contribution < -0.4 is 15.8 Å². The molecule has 8 rings (SSSR count). The molecule has 1 unspecified atom stereocenters. The first-order chi connectivity index (χ1) is 24.2. The number of benzene rings is 3. The fourth-order valence-corrected chi connectivity index (χ4v) is 6.98. The lowest BCUT2D eigenvalue weighted by molar-refractivity contribution is -0.136. The molecule has 50 heavy (non-hydrogen) atoms. The molecular weight excluding hydrogens is 643 g/mol. The second kappa shape index (κ2) is 12.5. The fourth-order valence-electron chi connectivity index (χ4n) is 6.98. The average molecular weight is 675 g/mol. The number of ether oxygens (including phenoxy) is 1. The van der Waals surface area contributed by atoms with Gasteiger partial charge in [0, 0.05) is 31.6 Å². The van der Waals surface area contributed by atoms with Crippen LogP contribution in [0.3, 0.4) is 0 Å². The summed E-state index contributed by atoms with van der Waals surface area (Å²) in [5, 5.41) is 7.59. The quantitative estimate of drug-likeness (QED) is 0.241. The number of imide groups is 2. The summed E-state index contributed by atoms with van der Waals surface area (Å²) in [7, 11) is 0. The molecule has 2 fully saturated rings. The van der Waals surface area contributed by atoms with Crippen LogP contribution in [0.25, 0.3) is 22.3 Å². The van der Waals surface area contributed by atoms with Crippen LogP contribution in [0.15, 0.2) is 79.1 Å². The Kier molecular flexibility index (Phi) is 7.79. The number of aromatic nitrogens is 4. The number of fused-ring (bicyclic) bond motifs is 2. The smallest absolute Gasteiger partial charge is 0.262 e. The summed E-state index contributed by atoms with van der Waals surface area (Å²) in [5.74, 6) is -0.635. The third-order valence-corrected chi connectivity index (χ3v) is 9.44. The van der Waals surface area contributed by atoms with E-state index >= 15 is 4.39 Å². The molecule has 13 nitrogen and oxygen atoms in total. The Labute approximate surface area is 284 Å². The largest absolute Gasteiger partial charge is 0.457 e. The van der Waals surface area contributed by atoms with Crippen LogP contribution in [0.1, 0.15) is 51.6 Å². The molecular formula is C36H31FN8O5. The van der Waals surface area contributed by atoms with Crippen LogP contribution in [0.4, 0.5) is 10.2 Å². The molecule has 0 bridgehead atoms. The highest BCUT2D eigenvalue weighted by molar-refractivity contribution is 6.23. The molecule has 0 radical (unpaired) electrons. The number of rotatable bonds is 7. The Bertz CT molecular complexity index is 2170. The Morgan fingerprint density at radius 3 is 2.42 bits per heavy atom. The number of amides is 4. The zero-order valence-electron chi connectivity index (χ0n) is 26.7. The number of anilines is 1. The van der Waals surface area contributed by atoms with Gasteiger partial charge in [0.2, 0.25) is 11.8 Å². The van der Waals surface area contributed by atoms with Crippen molar-refractivity contribution in [2.75, 3.05) is 18.8 Å². The van der Waals surface area contributed by atoms with Crippen molar-refractivity contribution in [1.82, 2.24) is 34.9 Å². The van der Waals surface area contributed by atoms with E-state index in [4.69, 9.17) is 15.6 Å². The molecule has 2 aromatic heterocycles. The van der Waals surface area contributed by atoms with Crippen molar-refractivity contribution in [3.05, 3.63) is 95.8 Å². The molecule has 0 spiro atoms. The van der Waals surface area contributed by atoms with Gasteiger partial charge in [0.25, 0.3) is 11.8 Å². The predicted octanol–water partition coefficient (Wildman–Crippen LogP) is 4.05. The fraction of sp³-hybridized carbons (Fsp3) is 0.250. The van der Waals surface area contributed by atoms with Crippen LogP contribution in [0.2, 0.25) is 0 Å². The van der Waals surface area contributed by atoms with Gasteiger partial charge >= 0.3 is 0 Å². The SMILES string of the molecule is Nc1ncnc2c1c(-c1ccc(Oc3ccccc3)cc1)nn2[C@H]1CCN(Cc2ccc3c(c2)C(=O)N(C2CCC(=O)NC2=O)C3=O)C[C@H]1F. The average Bonchev–Trinajstić information content (AvgIpc) is 3.61. The van der Waals surface area contributed by atoms with Crippen LogP contribution in [0.5, 0.6) is 11.5 Å². The van der Waals surface area contributed by atoms with Crippen LogP contribution in [-0.2, 0) is 16.1 Å². The Morgan fingerprint density at radius 2 is 1.66 bits per heavy atom. The summed E-state index contributed by atoms with van der Waals surface area (Å²) in [6.07, 6.45) is 0.593. The lowest BCUT2D eigenvalue weighted by Crippen LogP contribution is -2.54. The second-order valence-corrected chi connectivity index (χ2v) is 12.6. The number of carbonyl (C=O) groups is 4. The van der Waals surface area contributed by atoms with Gasteiger partial charge in [-0.15, -0.1) is 0 Å². The van der Waals surface area contributed by atoms with Crippen LogP contribution in [-0.4, -0.2) is 78.5 Å². The molecule has 5 heterocycles. The maximum atomic E-state index is 16.1. The number of piperidine rings is 2. The first-order valence-corrected chi connectivity index (χ1v) is 16.3. The van der Waals surface area contributed by atoms with Gasteiger partial charge in [-0.2, -0.15) is 5.10 Å². The molecule has 0 saturated carbocycles. The zero-order valence-corrected chi connectivity index (χ0v) is 26.7. The highest BCUT2D eigenvalue weighted by atomic mass is 19.1. The van der Waals surface area contributed by atoms with Crippen LogP contribution in [0, 0.1) is 0 Å². The molecule has 3 N–H and O–H groups in total. The van der Waals surface area contributed by atoms with E-state index in [1.54, 1.807) is 22.9 Å². The summed E-state index contributed by atoms with van der Waals surface area (Å²) in [5.41, 5.74) is 9.18. The number of hydrogen-bond donors (Lipinski definition) is 2. The van der Waals surface area contributed by atoms with Crippen molar-refractivity contribution in [3.63, 3.8) is 0 Å². The number of nitrogens with zero attached hydrogens (tertiary/aromatic N) is 6. The summed E-state index contributed by atoms with van der Waals surface area (Å²) in [6.45, 7) is 0.970. The Balaban J connectivity index is 0.985. The summed E-state index contributed by atoms with van der Waals surface area (Å²) in [6, 6.07) is 20.1. The third kappa shape index (κ3) is 5.52. The first kappa shape index (κ1) is 31.3. The van der Waals surface area contributed by atoms with Crippen LogP contribution >= 0.6 is 0 Å². The Morgan fingerprint density at radius 1 is 0.900 bits per heavy atom. The van der Waals surface area contributed by atoms with E-state index in [0.29, 0.717) is 47.7 Å². The molecule has 4 amide bonds. The van der Waals surface area contributed by atoms with Gasteiger partial charge in [0.15, 0.2) is 5.65 Å². The van der Waals surface area contributed by atoms with Crippen molar-refractivity contribution in [2.24, 2.45) is 0 Å². The topological polar surface area (TPSA) is 166 Å². The maximum Gasteiger partial charge on any atom is 0.262 e. The number of para-hydroxylation sites is 1. The summed E-state index contributed by atoms with van der Waals surface area (Å²) in [4.78, 5) is 61.9. The molecule has 3 aliphatic heterocycles. The van der Waals surface area contributed by atoms with Crippen molar-refractivity contribution < 1.29 is 28.3 Å². The van der Waals surface area contributed by atoms with Gasteiger partial charge in [-0.3, -0.25) is 34.3 Å².